The lowest BCUT2D eigenvalue weighted by Gasteiger charge is -2.13. The van der Waals surface area contributed by atoms with Gasteiger partial charge in [0.1, 0.15) is 0 Å². The number of carbonyl (C=O) groups excluding carboxylic acids is 1. The van der Waals surface area contributed by atoms with Gasteiger partial charge in [0.25, 0.3) is 0 Å². The van der Waals surface area contributed by atoms with Crippen LogP contribution in [-0.4, -0.2) is 50.4 Å². The first kappa shape index (κ1) is 15.7. The average molecular weight is 336 g/mol. The molecule has 1 N–H and O–H groups in total. The zero-order chi connectivity index (χ0) is 17.2. The van der Waals surface area contributed by atoms with Gasteiger partial charge in [-0.15, -0.1) is 10.2 Å². The van der Waals surface area contributed by atoms with E-state index in [0.717, 1.165) is 35.1 Å². The number of carbonyl (C=O) groups is 1. The fraction of sp³-hybridized carbons (Fsp3) is 0.333. The van der Waals surface area contributed by atoms with Gasteiger partial charge in [-0.3, -0.25) is 14.4 Å². The molecule has 3 heterocycles. The van der Waals surface area contributed by atoms with E-state index < -0.39 is 0 Å². The molecule has 7 nitrogen and oxygen atoms in total. The van der Waals surface area contributed by atoms with Gasteiger partial charge in [0.15, 0.2) is 5.82 Å². The predicted molar refractivity (Wildman–Crippen MR) is 96.0 cm³/mol. The minimum atomic E-state index is -0.0426. The van der Waals surface area contributed by atoms with Crippen LogP contribution in [0.1, 0.15) is 12.8 Å². The lowest BCUT2D eigenvalue weighted by molar-refractivity contribution is -0.117. The number of hydrogen-bond acceptors (Lipinski definition) is 5. The summed E-state index contributed by atoms with van der Waals surface area (Å²) in [6, 6.07) is 7.83. The normalized spacial score (nSPS) is 14.9. The molecule has 7 heteroatoms. The van der Waals surface area contributed by atoms with Crippen LogP contribution >= 0.6 is 0 Å². The van der Waals surface area contributed by atoms with Crippen LogP contribution in [-0.2, 0) is 11.8 Å². The van der Waals surface area contributed by atoms with Crippen LogP contribution in [0.4, 0.5) is 5.82 Å². The van der Waals surface area contributed by atoms with Crippen molar-refractivity contribution >= 4 is 22.6 Å². The largest absolute Gasteiger partial charge is 0.308 e. The van der Waals surface area contributed by atoms with E-state index in [-0.39, 0.29) is 5.91 Å². The number of aromatic nitrogens is 4. The fourth-order valence-electron chi connectivity index (χ4n) is 3.18. The monoisotopic (exact) mass is 336 g/mol. The second-order valence-corrected chi connectivity index (χ2v) is 6.44. The first-order valence-corrected chi connectivity index (χ1v) is 8.46. The van der Waals surface area contributed by atoms with Gasteiger partial charge in [-0.05, 0) is 49.7 Å². The van der Waals surface area contributed by atoms with E-state index in [4.69, 9.17) is 0 Å². The second kappa shape index (κ2) is 6.60. The van der Waals surface area contributed by atoms with Crippen LogP contribution < -0.4 is 5.32 Å². The summed E-state index contributed by atoms with van der Waals surface area (Å²) in [6.45, 7) is 2.39. The first-order valence-electron chi connectivity index (χ1n) is 8.46. The summed E-state index contributed by atoms with van der Waals surface area (Å²) in [5, 5.41) is 16.3. The number of nitrogens with zero attached hydrogens (tertiary/aromatic N) is 5. The molecule has 0 atom stereocenters. The van der Waals surface area contributed by atoms with E-state index in [1.54, 1.807) is 4.68 Å². The topological polar surface area (TPSA) is 75.9 Å². The minimum Gasteiger partial charge on any atom is -0.308 e. The van der Waals surface area contributed by atoms with E-state index in [1.807, 2.05) is 43.7 Å². The van der Waals surface area contributed by atoms with Crippen molar-refractivity contribution in [1.82, 2.24) is 24.9 Å². The number of aryl methyl sites for hydroxylation is 1. The Morgan fingerprint density at radius 2 is 2.00 bits per heavy atom. The Bertz CT molecular complexity index is 913. The van der Waals surface area contributed by atoms with Gasteiger partial charge >= 0.3 is 0 Å². The number of nitrogens with one attached hydrogen (secondary N) is 1. The molecule has 1 aromatic carbocycles. The van der Waals surface area contributed by atoms with Crippen molar-refractivity contribution < 1.29 is 4.79 Å². The van der Waals surface area contributed by atoms with Crippen LogP contribution in [0.2, 0.25) is 0 Å². The number of hydrogen-bond donors (Lipinski definition) is 1. The molecule has 1 saturated heterocycles. The molecule has 0 saturated carbocycles. The minimum absolute atomic E-state index is 0.0426. The highest BCUT2D eigenvalue weighted by molar-refractivity contribution is 5.93. The summed E-state index contributed by atoms with van der Waals surface area (Å²) >= 11 is 0. The molecule has 1 aliphatic heterocycles. The number of likely N-dealkylation sites (tertiary alicyclic amines) is 1. The zero-order valence-electron chi connectivity index (χ0n) is 14.1. The summed E-state index contributed by atoms with van der Waals surface area (Å²) in [7, 11) is 1.89. The molecule has 0 radical (unpaired) electrons. The highest BCUT2D eigenvalue weighted by Crippen LogP contribution is 2.24. The number of benzene rings is 1. The Kier molecular flexibility index (Phi) is 4.15. The van der Waals surface area contributed by atoms with Crippen LogP contribution in [0.3, 0.4) is 0 Å². The Labute approximate surface area is 145 Å². The number of amides is 1. The zero-order valence-corrected chi connectivity index (χ0v) is 14.1. The number of rotatable bonds is 4. The van der Waals surface area contributed by atoms with Gasteiger partial charge in [-0.25, -0.2) is 0 Å². The molecule has 0 spiro atoms. The molecular formula is C18H20N6O. The Hall–Kier alpha value is -2.80. The molecule has 0 bridgehead atoms. The molecule has 1 aliphatic rings. The van der Waals surface area contributed by atoms with Gasteiger partial charge in [0.05, 0.1) is 18.3 Å². The molecule has 4 rings (SSSR count). The van der Waals surface area contributed by atoms with Gasteiger partial charge in [-0.2, -0.15) is 5.10 Å². The molecular weight excluding hydrogens is 316 g/mol. The Balaban J connectivity index is 1.54. The van der Waals surface area contributed by atoms with Crippen molar-refractivity contribution in [3.05, 3.63) is 36.7 Å². The molecule has 3 aromatic rings. The van der Waals surface area contributed by atoms with E-state index >= 15 is 0 Å². The maximum Gasteiger partial charge on any atom is 0.239 e. The standard InChI is InChI=1S/C18H20N6O/c1-23-11-15(10-19-23)13-4-5-16-14(8-13)9-17(22-21-16)20-18(25)12-24-6-2-3-7-24/h4-5,8-11H,2-3,6-7,12H2,1H3,(H,20,22,25). The molecule has 0 aliphatic carbocycles. The maximum absolute atomic E-state index is 12.2. The van der Waals surface area contributed by atoms with E-state index in [2.05, 4.69) is 25.5 Å². The Morgan fingerprint density at radius 3 is 2.76 bits per heavy atom. The van der Waals surface area contributed by atoms with Crippen LogP contribution in [0, 0.1) is 0 Å². The average Bonchev–Trinajstić information content (AvgIpc) is 3.26. The lowest BCUT2D eigenvalue weighted by Crippen LogP contribution is -2.31. The third kappa shape index (κ3) is 3.51. The van der Waals surface area contributed by atoms with Crippen LogP contribution in [0.5, 0.6) is 0 Å². The van der Waals surface area contributed by atoms with Crippen molar-refractivity contribution in [3.63, 3.8) is 0 Å². The van der Waals surface area contributed by atoms with E-state index in [9.17, 15) is 4.79 Å². The summed E-state index contributed by atoms with van der Waals surface area (Å²) in [4.78, 5) is 14.3. The SMILES string of the molecule is Cn1cc(-c2ccc3nnc(NC(=O)CN4CCCC4)cc3c2)cn1. The quantitative estimate of drug-likeness (QED) is 0.789. The molecule has 2 aromatic heterocycles. The van der Waals surface area contributed by atoms with Crippen molar-refractivity contribution in [3.8, 4) is 11.1 Å². The molecule has 1 fully saturated rings. The second-order valence-electron chi connectivity index (χ2n) is 6.44. The molecule has 1 amide bonds. The predicted octanol–water partition coefficient (Wildman–Crippen LogP) is 2.06. The van der Waals surface area contributed by atoms with Gasteiger partial charge in [0.2, 0.25) is 5.91 Å². The molecule has 25 heavy (non-hydrogen) atoms. The maximum atomic E-state index is 12.2. The third-order valence-corrected chi connectivity index (χ3v) is 4.46. The molecule has 0 unspecified atom stereocenters. The summed E-state index contributed by atoms with van der Waals surface area (Å²) in [5.41, 5.74) is 2.90. The summed E-state index contributed by atoms with van der Waals surface area (Å²) < 4.78 is 1.77. The summed E-state index contributed by atoms with van der Waals surface area (Å²) in [6.07, 6.45) is 6.13. The van der Waals surface area contributed by atoms with Crippen LogP contribution in [0.15, 0.2) is 36.7 Å². The number of anilines is 1. The van der Waals surface area contributed by atoms with Crippen LogP contribution in [0.25, 0.3) is 22.0 Å². The van der Waals surface area contributed by atoms with Crippen molar-refractivity contribution in [1.29, 1.82) is 0 Å². The summed E-state index contributed by atoms with van der Waals surface area (Å²) in [5.74, 6) is 0.444. The van der Waals surface area contributed by atoms with E-state index in [1.165, 1.54) is 12.8 Å². The number of fused-ring (bicyclic) bond motifs is 1. The lowest BCUT2D eigenvalue weighted by atomic mass is 10.1. The van der Waals surface area contributed by atoms with Gasteiger partial charge < -0.3 is 5.32 Å². The fourth-order valence-corrected chi connectivity index (χ4v) is 3.18. The van der Waals surface area contributed by atoms with Gasteiger partial charge in [0, 0.05) is 24.2 Å². The highest BCUT2D eigenvalue weighted by atomic mass is 16.2. The van der Waals surface area contributed by atoms with E-state index in [0.29, 0.717) is 12.4 Å². The van der Waals surface area contributed by atoms with Crippen molar-refractivity contribution in [2.45, 2.75) is 12.8 Å². The first-order chi connectivity index (χ1) is 12.2. The highest BCUT2D eigenvalue weighted by Gasteiger charge is 2.15. The Morgan fingerprint density at radius 1 is 1.16 bits per heavy atom. The third-order valence-electron chi connectivity index (χ3n) is 4.46. The van der Waals surface area contributed by atoms with Crippen molar-refractivity contribution in [2.75, 3.05) is 25.0 Å². The smallest absolute Gasteiger partial charge is 0.239 e. The van der Waals surface area contributed by atoms with Gasteiger partial charge in [-0.1, -0.05) is 6.07 Å². The molecule has 128 valence electrons. The van der Waals surface area contributed by atoms with Crippen molar-refractivity contribution in [2.24, 2.45) is 7.05 Å².